The highest BCUT2D eigenvalue weighted by Crippen LogP contribution is 2.25. The molecular weight excluding hydrogens is 478 g/mol. The van der Waals surface area contributed by atoms with Crippen LogP contribution in [0.3, 0.4) is 0 Å². The predicted molar refractivity (Wildman–Crippen MR) is 144 cm³/mol. The normalized spacial score (nSPS) is 16.0. The van der Waals surface area contributed by atoms with Crippen LogP contribution >= 0.6 is 0 Å². The van der Waals surface area contributed by atoms with Crippen LogP contribution in [0.5, 0.6) is 0 Å². The molecule has 38 heavy (non-hydrogen) atoms. The number of benzene rings is 2. The van der Waals surface area contributed by atoms with Crippen molar-refractivity contribution in [2.24, 2.45) is 0 Å². The Morgan fingerprint density at radius 3 is 2.71 bits per heavy atom. The fraction of sp³-hybridized carbons (Fsp3) is 0.323. The van der Waals surface area contributed by atoms with Crippen molar-refractivity contribution in [1.29, 1.82) is 0 Å². The molecule has 7 heteroatoms. The molecule has 5 rings (SSSR count). The topological polar surface area (TPSA) is 79.4 Å². The molecule has 0 amide bonds. The number of hydrogen-bond acceptors (Lipinski definition) is 6. The third-order valence-corrected chi connectivity index (χ3v) is 6.67. The maximum absolute atomic E-state index is 11.2. The Labute approximate surface area is 222 Å². The number of rotatable bonds is 8. The Hall–Kier alpha value is -3.99. The van der Waals surface area contributed by atoms with Crippen molar-refractivity contribution in [2.75, 3.05) is 6.61 Å². The standard InChI is InChI=1S/C31H31N3O4/c1-3-25-18-24(11-14-27(25)21-35)8-7-23-9-12-26(13-10-23)29-19-28(33-38-29)20-34-16-15-32-31(34)22(2)37-30-6-4-5-17-36-30/h9-16,18-19,21-22,30H,3-6,17,20H2,1-2H3. The number of carbonyl (C=O) groups excluding carboxylic acids is 1. The molecule has 3 heterocycles. The fourth-order valence-electron chi connectivity index (χ4n) is 4.58. The first-order valence-electron chi connectivity index (χ1n) is 13.1. The summed E-state index contributed by atoms with van der Waals surface area (Å²) in [6, 6.07) is 15.5. The van der Waals surface area contributed by atoms with E-state index in [1.807, 2.05) is 73.1 Å². The highest BCUT2D eigenvalue weighted by atomic mass is 16.7. The van der Waals surface area contributed by atoms with Crippen molar-refractivity contribution in [1.82, 2.24) is 14.7 Å². The number of carbonyl (C=O) groups is 1. The number of imidazole rings is 1. The fourth-order valence-corrected chi connectivity index (χ4v) is 4.58. The minimum Gasteiger partial charge on any atom is -0.356 e. The molecule has 2 atom stereocenters. The second-order valence-electron chi connectivity index (χ2n) is 9.38. The number of ether oxygens (including phenoxy) is 2. The van der Waals surface area contributed by atoms with E-state index in [1.54, 1.807) is 6.20 Å². The van der Waals surface area contributed by atoms with Crippen molar-refractivity contribution in [3.8, 4) is 23.2 Å². The lowest BCUT2D eigenvalue weighted by Crippen LogP contribution is -2.24. The van der Waals surface area contributed by atoms with Crippen LogP contribution in [0.25, 0.3) is 11.3 Å². The Morgan fingerprint density at radius 2 is 1.95 bits per heavy atom. The first kappa shape index (κ1) is 25.7. The maximum atomic E-state index is 11.2. The predicted octanol–water partition coefficient (Wildman–Crippen LogP) is 5.97. The Kier molecular flexibility index (Phi) is 8.12. The first-order chi connectivity index (χ1) is 18.6. The summed E-state index contributed by atoms with van der Waals surface area (Å²) in [5.74, 6) is 7.90. The number of aryl methyl sites for hydroxylation is 1. The SMILES string of the molecule is CCc1cc(C#Cc2ccc(-c3cc(Cn4ccnc4C(C)OC4CCCCO4)no3)cc2)ccc1C=O. The molecule has 0 bridgehead atoms. The van der Waals surface area contributed by atoms with Gasteiger partial charge >= 0.3 is 0 Å². The quantitative estimate of drug-likeness (QED) is 0.215. The number of nitrogens with zero attached hydrogens (tertiary/aromatic N) is 3. The van der Waals surface area contributed by atoms with Crippen LogP contribution in [0, 0.1) is 11.8 Å². The van der Waals surface area contributed by atoms with Crippen molar-refractivity contribution >= 4 is 6.29 Å². The zero-order chi connectivity index (χ0) is 26.3. The molecule has 4 aromatic rings. The minimum atomic E-state index is -0.190. The van der Waals surface area contributed by atoms with Crippen LogP contribution in [-0.2, 0) is 22.4 Å². The summed E-state index contributed by atoms with van der Waals surface area (Å²) in [7, 11) is 0. The van der Waals surface area contributed by atoms with Crippen LogP contribution in [0.1, 0.15) is 77.8 Å². The third-order valence-electron chi connectivity index (χ3n) is 6.67. The average molecular weight is 510 g/mol. The molecule has 2 aromatic heterocycles. The van der Waals surface area contributed by atoms with Gasteiger partial charge in [-0.15, -0.1) is 0 Å². The summed E-state index contributed by atoms with van der Waals surface area (Å²) in [5, 5.41) is 4.27. The van der Waals surface area contributed by atoms with Gasteiger partial charge in [-0.3, -0.25) is 4.79 Å². The van der Waals surface area contributed by atoms with Crippen LogP contribution in [0.15, 0.2) is 65.4 Å². The highest BCUT2D eigenvalue weighted by Gasteiger charge is 2.21. The van der Waals surface area contributed by atoms with Gasteiger partial charge in [-0.25, -0.2) is 4.98 Å². The lowest BCUT2D eigenvalue weighted by atomic mass is 10.0. The Balaban J connectivity index is 1.23. The molecule has 0 spiro atoms. The molecule has 1 saturated heterocycles. The first-order valence-corrected chi connectivity index (χ1v) is 13.1. The third kappa shape index (κ3) is 6.10. The number of hydrogen-bond donors (Lipinski definition) is 0. The summed E-state index contributed by atoms with van der Waals surface area (Å²) in [6.07, 6.45) is 8.14. The highest BCUT2D eigenvalue weighted by molar-refractivity contribution is 5.77. The Bertz CT molecular complexity index is 1440. The van der Waals surface area contributed by atoms with E-state index in [0.29, 0.717) is 12.3 Å². The van der Waals surface area contributed by atoms with E-state index in [2.05, 4.69) is 22.0 Å². The van der Waals surface area contributed by atoms with Gasteiger partial charge in [0.05, 0.1) is 6.54 Å². The lowest BCUT2D eigenvalue weighted by molar-refractivity contribution is -0.188. The van der Waals surface area contributed by atoms with Crippen LogP contribution in [0.2, 0.25) is 0 Å². The summed E-state index contributed by atoms with van der Waals surface area (Å²) in [5.41, 5.74) is 5.23. The van der Waals surface area contributed by atoms with Crippen molar-refractivity contribution in [3.63, 3.8) is 0 Å². The van der Waals surface area contributed by atoms with E-state index < -0.39 is 0 Å². The van der Waals surface area contributed by atoms with Gasteiger partial charge in [0, 0.05) is 47.3 Å². The summed E-state index contributed by atoms with van der Waals surface area (Å²) in [6.45, 7) is 5.31. The van der Waals surface area contributed by atoms with Gasteiger partial charge < -0.3 is 18.6 Å². The molecule has 194 valence electrons. The van der Waals surface area contributed by atoms with Crippen LogP contribution in [-0.4, -0.2) is 33.9 Å². The molecule has 2 aromatic carbocycles. The summed E-state index contributed by atoms with van der Waals surface area (Å²) >= 11 is 0. The maximum Gasteiger partial charge on any atom is 0.167 e. The van der Waals surface area contributed by atoms with Crippen LogP contribution < -0.4 is 0 Å². The van der Waals surface area contributed by atoms with Gasteiger partial charge in [0.15, 0.2) is 12.1 Å². The van der Waals surface area contributed by atoms with E-state index in [9.17, 15) is 4.79 Å². The molecule has 1 fully saturated rings. The van der Waals surface area contributed by atoms with Gasteiger partial charge in [-0.2, -0.15) is 0 Å². The summed E-state index contributed by atoms with van der Waals surface area (Å²) in [4.78, 5) is 15.7. The second-order valence-corrected chi connectivity index (χ2v) is 9.38. The molecular formula is C31H31N3O4. The molecule has 7 nitrogen and oxygen atoms in total. The molecule has 0 radical (unpaired) electrons. The van der Waals surface area contributed by atoms with E-state index in [4.69, 9.17) is 14.0 Å². The van der Waals surface area contributed by atoms with Gasteiger partial charge in [0.1, 0.15) is 23.9 Å². The monoisotopic (exact) mass is 509 g/mol. The van der Waals surface area contributed by atoms with E-state index in [-0.39, 0.29) is 12.4 Å². The second kappa shape index (κ2) is 12.0. The molecule has 1 aliphatic rings. The van der Waals surface area contributed by atoms with E-state index >= 15 is 0 Å². The molecule has 0 aliphatic carbocycles. The Morgan fingerprint density at radius 1 is 1.13 bits per heavy atom. The molecule has 2 unspecified atom stereocenters. The zero-order valence-corrected chi connectivity index (χ0v) is 21.7. The van der Waals surface area contributed by atoms with Crippen LogP contribution in [0.4, 0.5) is 0 Å². The average Bonchev–Trinajstić information content (AvgIpc) is 3.63. The van der Waals surface area contributed by atoms with Gasteiger partial charge in [-0.1, -0.05) is 30.0 Å². The molecule has 0 N–H and O–H groups in total. The summed E-state index contributed by atoms with van der Waals surface area (Å²) < 4.78 is 19.5. The molecule has 0 saturated carbocycles. The van der Waals surface area contributed by atoms with Crippen molar-refractivity contribution in [2.45, 2.75) is 58.5 Å². The van der Waals surface area contributed by atoms with Gasteiger partial charge in [0.2, 0.25) is 0 Å². The number of aromatic nitrogens is 3. The van der Waals surface area contributed by atoms with Crippen molar-refractivity contribution < 1.29 is 18.8 Å². The van der Waals surface area contributed by atoms with Gasteiger partial charge in [0.25, 0.3) is 0 Å². The van der Waals surface area contributed by atoms with Crippen molar-refractivity contribution in [3.05, 3.63) is 94.7 Å². The largest absolute Gasteiger partial charge is 0.356 e. The number of aldehydes is 1. The smallest absolute Gasteiger partial charge is 0.167 e. The van der Waals surface area contributed by atoms with E-state index in [1.165, 1.54) is 0 Å². The van der Waals surface area contributed by atoms with E-state index in [0.717, 1.165) is 77.9 Å². The van der Waals surface area contributed by atoms with Gasteiger partial charge in [-0.05, 0) is 74.6 Å². The zero-order valence-electron chi connectivity index (χ0n) is 21.7. The lowest BCUT2D eigenvalue weighted by Gasteiger charge is -2.26. The molecule has 1 aliphatic heterocycles. The minimum absolute atomic E-state index is 0.174.